The van der Waals surface area contributed by atoms with Crippen LogP contribution in [-0.2, 0) is 19.6 Å². The van der Waals surface area contributed by atoms with Crippen LogP contribution in [0.5, 0.6) is 0 Å². The highest BCUT2D eigenvalue weighted by Crippen LogP contribution is 2.16. The van der Waals surface area contributed by atoms with E-state index in [9.17, 15) is 18.5 Å². The van der Waals surface area contributed by atoms with Crippen molar-refractivity contribution in [1.82, 2.24) is 4.89 Å². The summed E-state index contributed by atoms with van der Waals surface area (Å²) < 4.78 is 28.0. The molecule has 0 heterocycles. The average Bonchev–Trinajstić information content (AvgIpc) is 2.35. The number of nitro benzene ring substituents is 1. The van der Waals surface area contributed by atoms with Gasteiger partial charge in [-0.05, 0) is 6.07 Å². The Morgan fingerprint density at radius 3 is 2.72 bits per heavy atom. The Balaban J connectivity index is 2.78. The molecule has 100 valence electrons. The van der Waals surface area contributed by atoms with Gasteiger partial charge in [-0.25, -0.2) is 8.42 Å². The first kappa shape index (κ1) is 14.5. The second-order valence-corrected chi connectivity index (χ2v) is 4.83. The normalized spacial score (nSPS) is 11.4. The molecule has 0 aliphatic carbocycles. The van der Waals surface area contributed by atoms with E-state index in [1.807, 2.05) is 4.89 Å². The minimum atomic E-state index is -3.93. The fraction of sp³-hybridized carbons (Fsp3) is 0.333. The molecule has 1 aromatic rings. The van der Waals surface area contributed by atoms with Gasteiger partial charge >= 0.3 is 0 Å². The van der Waals surface area contributed by atoms with Crippen LogP contribution >= 0.6 is 0 Å². The van der Waals surface area contributed by atoms with Crippen LogP contribution in [0.1, 0.15) is 0 Å². The van der Waals surface area contributed by atoms with E-state index in [-0.39, 0.29) is 23.8 Å². The zero-order chi connectivity index (χ0) is 13.6. The summed E-state index contributed by atoms with van der Waals surface area (Å²) in [6.45, 7) is 0.252. The van der Waals surface area contributed by atoms with Crippen LogP contribution in [0.15, 0.2) is 29.2 Å². The number of nitrogens with one attached hydrogen (secondary N) is 1. The average molecular weight is 276 g/mol. The van der Waals surface area contributed by atoms with Gasteiger partial charge in [0, 0.05) is 19.2 Å². The topological polar surface area (TPSA) is 108 Å². The zero-order valence-electron chi connectivity index (χ0n) is 9.53. The van der Waals surface area contributed by atoms with Crippen molar-refractivity contribution >= 4 is 15.7 Å². The Morgan fingerprint density at radius 1 is 1.39 bits per heavy atom. The van der Waals surface area contributed by atoms with Gasteiger partial charge < -0.3 is 4.74 Å². The summed E-state index contributed by atoms with van der Waals surface area (Å²) in [7, 11) is -2.49. The molecule has 1 aromatic carbocycles. The molecule has 0 radical (unpaired) electrons. The molecule has 0 unspecified atom stereocenters. The van der Waals surface area contributed by atoms with E-state index in [1.165, 1.54) is 25.3 Å². The third-order valence-electron chi connectivity index (χ3n) is 1.90. The predicted molar refractivity (Wildman–Crippen MR) is 61.2 cm³/mol. The first-order valence-electron chi connectivity index (χ1n) is 4.84. The van der Waals surface area contributed by atoms with Crippen LogP contribution in [0.25, 0.3) is 0 Å². The minimum absolute atomic E-state index is 0.0324. The lowest BCUT2D eigenvalue weighted by molar-refractivity contribution is -0.385. The van der Waals surface area contributed by atoms with Crippen LogP contribution < -0.4 is 4.89 Å². The van der Waals surface area contributed by atoms with E-state index in [0.717, 1.165) is 6.07 Å². The molecule has 1 rings (SSSR count). The highest BCUT2D eigenvalue weighted by Gasteiger charge is 2.17. The maximum atomic E-state index is 11.7. The molecule has 0 fully saturated rings. The molecule has 0 aliphatic rings. The maximum absolute atomic E-state index is 11.7. The van der Waals surface area contributed by atoms with Crippen molar-refractivity contribution in [1.29, 1.82) is 0 Å². The number of nitro groups is 1. The van der Waals surface area contributed by atoms with E-state index in [0.29, 0.717) is 0 Å². The molecule has 8 nitrogen and oxygen atoms in total. The summed E-state index contributed by atoms with van der Waals surface area (Å²) in [6.07, 6.45) is 0. The van der Waals surface area contributed by atoms with Crippen molar-refractivity contribution in [2.24, 2.45) is 0 Å². The summed E-state index contributed by atoms with van der Waals surface area (Å²) in [6, 6.07) is 4.66. The van der Waals surface area contributed by atoms with Gasteiger partial charge in [0.15, 0.2) is 0 Å². The van der Waals surface area contributed by atoms with E-state index in [2.05, 4.69) is 9.57 Å². The number of hydrogen-bond donors (Lipinski definition) is 1. The van der Waals surface area contributed by atoms with Crippen molar-refractivity contribution in [3.8, 4) is 0 Å². The van der Waals surface area contributed by atoms with Gasteiger partial charge in [-0.3, -0.25) is 15.0 Å². The van der Waals surface area contributed by atoms with Gasteiger partial charge in [0.25, 0.3) is 15.7 Å². The SMILES string of the molecule is COCCONS(=O)(=O)c1cccc([N+](=O)[O-])c1. The third kappa shape index (κ3) is 4.04. The Kier molecular flexibility index (Phi) is 5.16. The number of benzene rings is 1. The quantitative estimate of drug-likeness (QED) is 0.440. The van der Waals surface area contributed by atoms with E-state index in [4.69, 9.17) is 0 Å². The van der Waals surface area contributed by atoms with Crippen molar-refractivity contribution in [2.45, 2.75) is 4.90 Å². The molecule has 0 atom stereocenters. The molecule has 0 amide bonds. The van der Waals surface area contributed by atoms with Gasteiger partial charge in [0.1, 0.15) is 0 Å². The lowest BCUT2D eigenvalue weighted by atomic mass is 10.3. The molecule has 0 spiro atoms. The van der Waals surface area contributed by atoms with E-state index >= 15 is 0 Å². The predicted octanol–water partition coefficient (Wildman–Crippen LogP) is 0.451. The Labute approximate surface area is 104 Å². The van der Waals surface area contributed by atoms with Crippen molar-refractivity contribution in [3.63, 3.8) is 0 Å². The van der Waals surface area contributed by atoms with Crippen LogP contribution in [0.4, 0.5) is 5.69 Å². The molecule has 18 heavy (non-hydrogen) atoms. The Morgan fingerprint density at radius 2 is 2.11 bits per heavy atom. The fourth-order valence-electron chi connectivity index (χ4n) is 1.06. The first-order chi connectivity index (χ1) is 8.47. The first-order valence-corrected chi connectivity index (χ1v) is 6.32. The second-order valence-electron chi connectivity index (χ2n) is 3.18. The summed E-state index contributed by atoms with van der Waals surface area (Å²) >= 11 is 0. The number of hydrogen-bond acceptors (Lipinski definition) is 6. The maximum Gasteiger partial charge on any atom is 0.270 e. The van der Waals surface area contributed by atoms with Gasteiger partial charge in [0.2, 0.25) is 0 Å². The third-order valence-corrected chi connectivity index (χ3v) is 3.11. The molecular weight excluding hydrogens is 264 g/mol. The molecule has 1 N–H and O–H groups in total. The lowest BCUT2D eigenvalue weighted by Crippen LogP contribution is -2.25. The van der Waals surface area contributed by atoms with Gasteiger partial charge in [0.05, 0.1) is 23.0 Å². The fourth-order valence-corrected chi connectivity index (χ4v) is 1.92. The second kappa shape index (κ2) is 6.40. The van der Waals surface area contributed by atoms with Crippen molar-refractivity contribution in [3.05, 3.63) is 34.4 Å². The smallest absolute Gasteiger partial charge is 0.270 e. The van der Waals surface area contributed by atoms with Crippen LogP contribution in [0.2, 0.25) is 0 Å². The van der Waals surface area contributed by atoms with Gasteiger partial charge in [-0.2, -0.15) is 0 Å². The highest BCUT2D eigenvalue weighted by molar-refractivity contribution is 7.89. The van der Waals surface area contributed by atoms with E-state index < -0.39 is 14.9 Å². The molecule has 0 saturated heterocycles. The Bertz CT molecular complexity index is 516. The summed E-state index contributed by atoms with van der Waals surface area (Å²) in [5.74, 6) is 0. The molecule has 0 saturated carbocycles. The number of nitrogens with zero attached hydrogens (tertiary/aromatic N) is 1. The molecule has 0 aliphatic heterocycles. The Hall–Kier alpha value is -1.55. The van der Waals surface area contributed by atoms with Crippen molar-refractivity contribution in [2.75, 3.05) is 20.3 Å². The largest absolute Gasteiger partial charge is 0.382 e. The highest BCUT2D eigenvalue weighted by atomic mass is 32.2. The summed E-state index contributed by atoms with van der Waals surface area (Å²) in [4.78, 5) is 16.1. The number of sulfonamides is 1. The van der Waals surface area contributed by atoms with Crippen LogP contribution in [-0.4, -0.2) is 33.7 Å². The minimum Gasteiger partial charge on any atom is -0.382 e. The monoisotopic (exact) mass is 276 g/mol. The number of rotatable bonds is 7. The number of non-ortho nitro benzene ring substituents is 1. The molecule has 0 bridgehead atoms. The molecule has 0 aromatic heterocycles. The van der Waals surface area contributed by atoms with Gasteiger partial charge in [-0.15, -0.1) is 0 Å². The number of ether oxygens (including phenoxy) is 1. The van der Waals surface area contributed by atoms with Crippen LogP contribution in [0.3, 0.4) is 0 Å². The standard InChI is InChI=1S/C9H12N2O6S/c1-16-5-6-17-10-18(14,15)9-4-2-3-8(7-9)11(12)13/h2-4,7,10H,5-6H2,1H3. The summed E-state index contributed by atoms with van der Waals surface area (Å²) in [5.41, 5.74) is -0.310. The molecular formula is C9H12N2O6S. The van der Waals surface area contributed by atoms with Crippen molar-refractivity contribution < 1.29 is 22.9 Å². The lowest BCUT2D eigenvalue weighted by Gasteiger charge is -2.06. The zero-order valence-corrected chi connectivity index (χ0v) is 10.3. The van der Waals surface area contributed by atoms with E-state index in [1.54, 1.807) is 0 Å². The van der Waals surface area contributed by atoms with Gasteiger partial charge in [-0.1, -0.05) is 11.0 Å². The van der Waals surface area contributed by atoms with Crippen LogP contribution in [0, 0.1) is 10.1 Å². The number of methoxy groups -OCH3 is 1. The summed E-state index contributed by atoms with van der Waals surface area (Å²) in [5, 5.41) is 10.5. The molecule has 9 heteroatoms.